The Hall–Kier alpha value is -2.67. The number of amides is 2. The number of carbonyl (C=O) groups excluding carboxylic acids is 2. The van der Waals surface area contributed by atoms with Crippen LogP contribution in [0.4, 0.5) is 5.69 Å². The van der Waals surface area contributed by atoms with E-state index in [0.29, 0.717) is 26.1 Å². The molecule has 0 aliphatic carbocycles. The highest BCUT2D eigenvalue weighted by molar-refractivity contribution is 5.94. The number of aromatic nitrogens is 2. The van der Waals surface area contributed by atoms with Gasteiger partial charge in [-0.1, -0.05) is 24.3 Å². The molecule has 7 nitrogen and oxygen atoms in total. The Morgan fingerprint density at radius 3 is 2.75 bits per heavy atom. The average Bonchev–Trinajstić information content (AvgIpc) is 3.31. The van der Waals surface area contributed by atoms with Crippen LogP contribution in [0.2, 0.25) is 0 Å². The zero-order valence-corrected chi connectivity index (χ0v) is 16.5. The van der Waals surface area contributed by atoms with Gasteiger partial charge in [-0.25, -0.2) is 0 Å². The number of aryl methyl sites for hydroxylation is 1. The molecule has 0 saturated carbocycles. The van der Waals surface area contributed by atoms with Crippen LogP contribution in [0.25, 0.3) is 0 Å². The lowest BCUT2D eigenvalue weighted by atomic mass is 10.00. The zero-order chi connectivity index (χ0) is 19.7. The number of nitrogens with zero attached hydrogens (tertiary/aromatic N) is 4. The highest BCUT2D eigenvalue weighted by Gasteiger charge is 2.32. The lowest BCUT2D eigenvalue weighted by molar-refractivity contribution is -0.131. The molecule has 28 heavy (non-hydrogen) atoms. The number of carbonyl (C=O) groups is 2. The first-order valence-electron chi connectivity index (χ1n) is 9.87. The van der Waals surface area contributed by atoms with Crippen molar-refractivity contribution >= 4 is 17.5 Å². The molecule has 2 aliphatic heterocycles. The second-order valence-electron chi connectivity index (χ2n) is 7.81. The smallest absolute Gasteiger partial charge is 0.236 e. The van der Waals surface area contributed by atoms with Crippen LogP contribution in [0, 0.1) is 12.8 Å². The van der Waals surface area contributed by atoms with Crippen molar-refractivity contribution in [1.29, 1.82) is 0 Å². The van der Waals surface area contributed by atoms with E-state index in [0.717, 1.165) is 30.9 Å². The number of likely N-dealkylation sites (tertiary alicyclic amines) is 1. The van der Waals surface area contributed by atoms with Crippen molar-refractivity contribution in [1.82, 2.24) is 19.6 Å². The fourth-order valence-corrected chi connectivity index (χ4v) is 4.04. The number of hydrogen-bond donors (Lipinski definition) is 1. The molecule has 0 radical (unpaired) electrons. The van der Waals surface area contributed by atoms with Gasteiger partial charge in [0.15, 0.2) is 0 Å². The number of benzene rings is 1. The first-order valence-corrected chi connectivity index (χ1v) is 9.87. The monoisotopic (exact) mass is 381 g/mol. The van der Waals surface area contributed by atoms with Crippen LogP contribution < -0.4 is 5.32 Å². The standard InChI is InChI=1S/C21H27N5O2/c1-15-19(11-22-24(15)2)23-21(28)18-8-10-26(13-18)20(27)14-25-9-7-16-5-3-4-6-17(16)12-25/h3-6,11,18H,7-10,12-14H2,1-2H3,(H,23,28). The normalized spacial score (nSPS) is 19.5. The summed E-state index contributed by atoms with van der Waals surface area (Å²) in [6.07, 6.45) is 3.36. The van der Waals surface area contributed by atoms with E-state index in [9.17, 15) is 9.59 Å². The van der Waals surface area contributed by atoms with Gasteiger partial charge in [0.1, 0.15) is 0 Å². The SMILES string of the molecule is Cc1c(NC(=O)C2CCN(C(=O)CN3CCc4ccccc4C3)C2)cnn1C. The lowest BCUT2D eigenvalue weighted by Crippen LogP contribution is -2.41. The largest absolute Gasteiger partial charge is 0.341 e. The molecule has 4 rings (SSSR count). The van der Waals surface area contributed by atoms with Crippen LogP contribution >= 0.6 is 0 Å². The van der Waals surface area contributed by atoms with Gasteiger partial charge in [-0.3, -0.25) is 19.2 Å². The summed E-state index contributed by atoms with van der Waals surface area (Å²) in [5.41, 5.74) is 4.36. The summed E-state index contributed by atoms with van der Waals surface area (Å²) in [6, 6.07) is 8.44. The second-order valence-corrected chi connectivity index (χ2v) is 7.81. The first-order chi connectivity index (χ1) is 13.5. The fourth-order valence-electron chi connectivity index (χ4n) is 4.04. The van der Waals surface area contributed by atoms with Crippen molar-refractivity contribution in [3.05, 3.63) is 47.3 Å². The summed E-state index contributed by atoms with van der Waals surface area (Å²) < 4.78 is 1.73. The maximum absolute atomic E-state index is 12.7. The van der Waals surface area contributed by atoms with Crippen LogP contribution in [0.1, 0.15) is 23.2 Å². The second kappa shape index (κ2) is 7.75. The predicted octanol–water partition coefficient (Wildman–Crippen LogP) is 1.57. The van der Waals surface area contributed by atoms with E-state index in [1.54, 1.807) is 10.9 Å². The average molecular weight is 381 g/mol. The van der Waals surface area contributed by atoms with Crippen molar-refractivity contribution in [3.8, 4) is 0 Å². The van der Waals surface area contributed by atoms with Crippen LogP contribution in [0.15, 0.2) is 30.5 Å². The van der Waals surface area contributed by atoms with E-state index < -0.39 is 0 Å². The molecule has 2 aromatic rings. The van der Waals surface area contributed by atoms with Gasteiger partial charge in [0.25, 0.3) is 0 Å². The summed E-state index contributed by atoms with van der Waals surface area (Å²) >= 11 is 0. The maximum Gasteiger partial charge on any atom is 0.236 e. The molecule has 1 saturated heterocycles. The van der Waals surface area contributed by atoms with Crippen LogP contribution in [-0.2, 0) is 29.6 Å². The van der Waals surface area contributed by atoms with Gasteiger partial charge in [0.05, 0.1) is 30.0 Å². The summed E-state index contributed by atoms with van der Waals surface area (Å²) in [7, 11) is 1.85. The maximum atomic E-state index is 12.7. The summed E-state index contributed by atoms with van der Waals surface area (Å²) in [6.45, 7) is 5.21. The quantitative estimate of drug-likeness (QED) is 0.873. The summed E-state index contributed by atoms with van der Waals surface area (Å²) in [5, 5.41) is 7.11. The third-order valence-corrected chi connectivity index (χ3v) is 5.97. The molecule has 0 bridgehead atoms. The molecule has 0 spiro atoms. The first kappa shape index (κ1) is 18.7. The Kier molecular flexibility index (Phi) is 5.17. The van der Waals surface area contributed by atoms with Gasteiger partial charge in [0, 0.05) is 33.2 Å². The van der Waals surface area contributed by atoms with E-state index >= 15 is 0 Å². The fraction of sp³-hybridized carbons (Fsp3) is 0.476. The van der Waals surface area contributed by atoms with Crippen molar-refractivity contribution in [2.24, 2.45) is 13.0 Å². The van der Waals surface area contributed by atoms with Gasteiger partial charge >= 0.3 is 0 Å². The summed E-state index contributed by atoms with van der Waals surface area (Å²) in [5.74, 6) is -0.0730. The molecule has 1 fully saturated rings. The molecular weight excluding hydrogens is 354 g/mol. The number of rotatable bonds is 4. The van der Waals surface area contributed by atoms with Gasteiger partial charge in [-0.2, -0.15) is 5.10 Å². The summed E-state index contributed by atoms with van der Waals surface area (Å²) in [4.78, 5) is 29.4. The van der Waals surface area contributed by atoms with Crippen molar-refractivity contribution < 1.29 is 9.59 Å². The number of nitrogens with one attached hydrogen (secondary N) is 1. The Balaban J connectivity index is 1.30. The van der Waals surface area contributed by atoms with E-state index in [1.807, 2.05) is 18.9 Å². The predicted molar refractivity (Wildman–Crippen MR) is 107 cm³/mol. The van der Waals surface area contributed by atoms with Crippen LogP contribution in [-0.4, -0.2) is 57.6 Å². The molecule has 1 aromatic carbocycles. The molecule has 1 aromatic heterocycles. The number of fused-ring (bicyclic) bond motifs is 1. The molecule has 7 heteroatoms. The minimum Gasteiger partial charge on any atom is -0.341 e. The Morgan fingerprint density at radius 2 is 2.00 bits per heavy atom. The van der Waals surface area contributed by atoms with Crippen molar-refractivity contribution in [3.63, 3.8) is 0 Å². The van der Waals surface area contributed by atoms with E-state index in [1.165, 1.54) is 11.1 Å². The number of anilines is 1. The molecule has 3 heterocycles. The Bertz CT molecular complexity index is 891. The number of hydrogen-bond acceptors (Lipinski definition) is 4. The van der Waals surface area contributed by atoms with Gasteiger partial charge in [-0.15, -0.1) is 0 Å². The van der Waals surface area contributed by atoms with Crippen LogP contribution in [0.3, 0.4) is 0 Å². The minimum atomic E-state index is -0.161. The zero-order valence-electron chi connectivity index (χ0n) is 16.5. The van der Waals surface area contributed by atoms with Crippen molar-refractivity contribution in [2.75, 3.05) is 31.5 Å². The minimum absolute atomic E-state index is 0.0294. The molecule has 1 unspecified atom stereocenters. The Labute approximate surface area is 165 Å². The molecule has 2 aliphatic rings. The third kappa shape index (κ3) is 3.80. The van der Waals surface area contributed by atoms with E-state index in [4.69, 9.17) is 0 Å². The van der Waals surface area contributed by atoms with Crippen LogP contribution in [0.5, 0.6) is 0 Å². The van der Waals surface area contributed by atoms with Crippen molar-refractivity contribution in [2.45, 2.75) is 26.3 Å². The van der Waals surface area contributed by atoms with E-state index in [2.05, 4.69) is 39.6 Å². The topological polar surface area (TPSA) is 70.5 Å². The molecular formula is C21H27N5O2. The molecule has 2 amide bonds. The third-order valence-electron chi connectivity index (χ3n) is 5.97. The lowest BCUT2D eigenvalue weighted by Gasteiger charge is -2.29. The van der Waals surface area contributed by atoms with Gasteiger partial charge < -0.3 is 10.2 Å². The van der Waals surface area contributed by atoms with E-state index in [-0.39, 0.29) is 17.7 Å². The highest BCUT2D eigenvalue weighted by Crippen LogP contribution is 2.22. The van der Waals surface area contributed by atoms with Gasteiger partial charge in [0.2, 0.25) is 11.8 Å². The molecule has 1 N–H and O–H groups in total. The molecule has 1 atom stereocenters. The van der Waals surface area contributed by atoms with Gasteiger partial charge in [-0.05, 0) is 30.9 Å². The Morgan fingerprint density at radius 1 is 1.21 bits per heavy atom. The molecule has 148 valence electrons. The highest BCUT2D eigenvalue weighted by atomic mass is 16.2.